The standard InChI is InChI=1S/C20H32N4O.HI/c1-3-5-6-13-22-20(21-4-2)23-15-16-9-7-12-18(14-16)24-19(25)17-10-8-11-17;/h7,9,12,14,17H,3-6,8,10-11,13,15H2,1-2H3,(H,24,25)(H2,21,22,23);1H. The number of nitrogens with zero attached hydrogens (tertiary/aromatic N) is 1. The van der Waals surface area contributed by atoms with E-state index in [2.05, 4.69) is 34.8 Å². The van der Waals surface area contributed by atoms with Gasteiger partial charge in [-0.05, 0) is 43.9 Å². The number of guanidine groups is 1. The van der Waals surface area contributed by atoms with Crippen molar-refractivity contribution in [2.24, 2.45) is 10.9 Å². The number of carbonyl (C=O) groups is 1. The molecule has 1 saturated carbocycles. The molecule has 26 heavy (non-hydrogen) atoms. The number of halogens is 1. The van der Waals surface area contributed by atoms with Crippen LogP contribution in [0.2, 0.25) is 0 Å². The van der Waals surface area contributed by atoms with Crippen LogP contribution in [0, 0.1) is 5.92 Å². The molecule has 2 rings (SSSR count). The summed E-state index contributed by atoms with van der Waals surface area (Å²) < 4.78 is 0. The van der Waals surface area contributed by atoms with Gasteiger partial charge in [0.15, 0.2) is 5.96 Å². The van der Waals surface area contributed by atoms with Crippen molar-refractivity contribution in [1.82, 2.24) is 10.6 Å². The van der Waals surface area contributed by atoms with E-state index in [-0.39, 0.29) is 35.8 Å². The molecule has 0 bridgehead atoms. The minimum atomic E-state index is 0. The largest absolute Gasteiger partial charge is 0.357 e. The lowest BCUT2D eigenvalue weighted by Crippen LogP contribution is -2.37. The molecule has 0 radical (unpaired) electrons. The van der Waals surface area contributed by atoms with Gasteiger partial charge in [-0.2, -0.15) is 0 Å². The quantitative estimate of drug-likeness (QED) is 0.218. The van der Waals surface area contributed by atoms with Crippen LogP contribution < -0.4 is 16.0 Å². The van der Waals surface area contributed by atoms with Crippen LogP contribution >= 0.6 is 24.0 Å². The van der Waals surface area contributed by atoms with Crippen molar-refractivity contribution < 1.29 is 4.79 Å². The van der Waals surface area contributed by atoms with Crippen molar-refractivity contribution in [1.29, 1.82) is 0 Å². The van der Waals surface area contributed by atoms with E-state index in [1.165, 1.54) is 19.3 Å². The molecule has 0 atom stereocenters. The van der Waals surface area contributed by atoms with Gasteiger partial charge in [0.05, 0.1) is 6.54 Å². The number of aliphatic imine (C=N–C) groups is 1. The maximum atomic E-state index is 12.1. The zero-order valence-electron chi connectivity index (χ0n) is 16.0. The molecule has 6 heteroatoms. The Bertz CT molecular complexity index is 573. The molecule has 0 unspecified atom stereocenters. The van der Waals surface area contributed by atoms with E-state index in [1.807, 2.05) is 24.3 Å². The van der Waals surface area contributed by atoms with Crippen LogP contribution in [0.5, 0.6) is 0 Å². The van der Waals surface area contributed by atoms with E-state index < -0.39 is 0 Å². The predicted octanol–water partition coefficient (Wildman–Crippen LogP) is 4.29. The molecule has 146 valence electrons. The Kier molecular flexibility index (Phi) is 11.3. The van der Waals surface area contributed by atoms with Crippen molar-refractivity contribution >= 4 is 41.5 Å². The van der Waals surface area contributed by atoms with Crippen molar-refractivity contribution in [3.05, 3.63) is 29.8 Å². The first-order chi connectivity index (χ1) is 12.2. The maximum Gasteiger partial charge on any atom is 0.227 e. The number of hydrogen-bond donors (Lipinski definition) is 3. The van der Waals surface area contributed by atoms with Gasteiger partial charge in [0.25, 0.3) is 0 Å². The van der Waals surface area contributed by atoms with Crippen LogP contribution in [-0.4, -0.2) is 25.0 Å². The van der Waals surface area contributed by atoms with Crippen LogP contribution in [0.15, 0.2) is 29.3 Å². The third-order valence-corrected chi connectivity index (χ3v) is 4.51. The van der Waals surface area contributed by atoms with E-state index in [4.69, 9.17) is 0 Å². The average Bonchev–Trinajstić information content (AvgIpc) is 2.55. The molecule has 1 aromatic rings. The zero-order chi connectivity index (χ0) is 17.9. The Labute approximate surface area is 174 Å². The Balaban J connectivity index is 0.00000338. The van der Waals surface area contributed by atoms with E-state index >= 15 is 0 Å². The molecular formula is C20H33IN4O. The first kappa shape index (κ1) is 22.7. The van der Waals surface area contributed by atoms with E-state index in [0.29, 0.717) is 6.54 Å². The fourth-order valence-electron chi connectivity index (χ4n) is 2.76. The number of nitrogens with one attached hydrogen (secondary N) is 3. The minimum absolute atomic E-state index is 0. The number of carbonyl (C=O) groups excluding carboxylic acids is 1. The highest BCUT2D eigenvalue weighted by atomic mass is 127. The second-order valence-electron chi connectivity index (χ2n) is 6.65. The first-order valence-electron chi connectivity index (χ1n) is 9.65. The number of rotatable bonds is 9. The van der Waals surface area contributed by atoms with Gasteiger partial charge in [-0.1, -0.05) is 38.3 Å². The van der Waals surface area contributed by atoms with Gasteiger partial charge in [-0.15, -0.1) is 24.0 Å². The topological polar surface area (TPSA) is 65.5 Å². The number of amides is 1. The van der Waals surface area contributed by atoms with Crippen molar-refractivity contribution in [2.75, 3.05) is 18.4 Å². The van der Waals surface area contributed by atoms with Crippen molar-refractivity contribution in [3.63, 3.8) is 0 Å². The molecule has 0 heterocycles. The number of benzene rings is 1. The summed E-state index contributed by atoms with van der Waals surface area (Å²) in [7, 11) is 0. The van der Waals surface area contributed by atoms with Gasteiger partial charge in [0.2, 0.25) is 5.91 Å². The summed E-state index contributed by atoms with van der Waals surface area (Å²) in [6.45, 7) is 6.65. The third kappa shape index (κ3) is 7.93. The Morgan fingerprint density at radius 2 is 2.00 bits per heavy atom. The predicted molar refractivity (Wildman–Crippen MR) is 120 cm³/mol. The fourth-order valence-corrected chi connectivity index (χ4v) is 2.76. The number of unbranched alkanes of at least 4 members (excludes halogenated alkanes) is 2. The lowest BCUT2D eigenvalue weighted by molar-refractivity contribution is -0.122. The molecule has 0 aliphatic heterocycles. The smallest absolute Gasteiger partial charge is 0.227 e. The van der Waals surface area contributed by atoms with E-state index in [0.717, 1.165) is 49.6 Å². The molecule has 5 nitrogen and oxygen atoms in total. The highest BCUT2D eigenvalue weighted by molar-refractivity contribution is 14.0. The minimum Gasteiger partial charge on any atom is -0.357 e. The third-order valence-electron chi connectivity index (χ3n) is 4.51. The summed E-state index contributed by atoms with van der Waals surface area (Å²) in [5.74, 6) is 1.20. The van der Waals surface area contributed by atoms with Crippen molar-refractivity contribution in [2.45, 2.75) is 58.9 Å². The van der Waals surface area contributed by atoms with E-state index in [9.17, 15) is 4.79 Å². The molecule has 1 aliphatic rings. The van der Waals surface area contributed by atoms with Crippen LogP contribution in [0.3, 0.4) is 0 Å². The zero-order valence-corrected chi connectivity index (χ0v) is 18.3. The summed E-state index contributed by atoms with van der Waals surface area (Å²) in [4.78, 5) is 16.7. The molecule has 1 fully saturated rings. The summed E-state index contributed by atoms with van der Waals surface area (Å²) in [6, 6.07) is 7.98. The second-order valence-corrected chi connectivity index (χ2v) is 6.65. The Morgan fingerprint density at radius 1 is 1.19 bits per heavy atom. The normalized spacial score (nSPS) is 14.2. The van der Waals surface area contributed by atoms with Gasteiger partial charge >= 0.3 is 0 Å². The van der Waals surface area contributed by atoms with Crippen LogP contribution in [0.25, 0.3) is 0 Å². The molecule has 0 spiro atoms. The molecular weight excluding hydrogens is 439 g/mol. The molecule has 1 aliphatic carbocycles. The summed E-state index contributed by atoms with van der Waals surface area (Å²) in [6.07, 6.45) is 6.82. The summed E-state index contributed by atoms with van der Waals surface area (Å²) in [5.41, 5.74) is 1.96. The van der Waals surface area contributed by atoms with Crippen molar-refractivity contribution in [3.8, 4) is 0 Å². The highest BCUT2D eigenvalue weighted by Gasteiger charge is 2.25. The Hall–Kier alpha value is -1.31. The second kappa shape index (κ2) is 12.9. The number of hydrogen-bond acceptors (Lipinski definition) is 2. The van der Waals surface area contributed by atoms with Gasteiger partial charge in [0.1, 0.15) is 0 Å². The lowest BCUT2D eigenvalue weighted by Gasteiger charge is -2.24. The monoisotopic (exact) mass is 472 g/mol. The summed E-state index contributed by atoms with van der Waals surface area (Å²) >= 11 is 0. The van der Waals surface area contributed by atoms with Gasteiger partial charge in [0, 0.05) is 24.7 Å². The average molecular weight is 472 g/mol. The molecule has 0 aromatic heterocycles. The fraction of sp³-hybridized carbons (Fsp3) is 0.600. The molecule has 3 N–H and O–H groups in total. The van der Waals surface area contributed by atoms with Crippen LogP contribution in [-0.2, 0) is 11.3 Å². The SMILES string of the molecule is CCCCCNC(=NCc1cccc(NC(=O)C2CCC2)c1)NCC.I. The lowest BCUT2D eigenvalue weighted by atomic mass is 9.85. The van der Waals surface area contributed by atoms with Gasteiger partial charge < -0.3 is 16.0 Å². The summed E-state index contributed by atoms with van der Waals surface area (Å²) in [5, 5.41) is 9.67. The number of anilines is 1. The first-order valence-corrected chi connectivity index (χ1v) is 9.65. The van der Waals surface area contributed by atoms with Crippen LogP contribution in [0.4, 0.5) is 5.69 Å². The molecule has 1 aromatic carbocycles. The van der Waals surface area contributed by atoms with Gasteiger partial charge in [-0.3, -0.25) is 4.79 Å². The van der Waals surface area contributed by atoms with E-state index in [1.54, 1.807) is 0 Å². The van der Waals surface area contributed by atoms with Crippen LogP contribution in [0.1, 0.15) is 57.9 Å². The highest BCUT2D eigenvalue weighted by Crippen LogP contribution is 2.27. The molecule has 1 amide bonds. The Morgan fingerprint density at radius 3 is 2.65 bits per heavy atom. The maximum absolute atomic E-state index is 12.1. The molecule has 0 saturated heterocycles. The van der Waals surface area contributed by atoms with Gasteiger partial charge in [-0.25, -0.2) is 4.99 Å².